The zero-order valence-corrected chi connectivity index (χ0v) is 12.9. The van der Waals surface area contributed by atoms with Crippen molar-refractivity contribution in [3.8, 4) is 0 Å². The van der Waals surface area contributed by atoms with E-state index in [2.05, 4.69) is 10.5 Å². The monoisotopic (exact) mass is 328 g/mol. The molecule has 0 spiro atoms. The molecule has 0 aromatic heterocycles. The minimum Gasteiger partial charge on any atom is -0.278 e. The first-order valence-corrected chi connectivity index (χ1v) is 7.41. The van der Waals surface area contributed by atoms with Crippen LogP contribution in [0.1, 0.15) is 18.1 Å². The highest BCUT2D eigenvalue weighted by atomic mass is 19.4. The quantitative estimate of drug-likeness (QED) is 0.484. The highest BCUT2D eigenvalue weighted by Crippen LogP contribution is 2.30. The van der Waals surface area contributed by atoms with Gasteiger partial charge >= 0.3 is 6.18 Å². The van der Waals surface area contributed by atoms with Crippen LogP contribution in [0.4, 0.5) is 18.9 Å². The van der Waals surface area contributed by atoms with E-state index in [9.17, 15) is 13.2 Å². The number of hydrazone groups is 1. The van der Waals surface area contributed by atoms with Gasteiger partial charge in [0.05, 0.1) is 17.0 Å². The molecule has 0 saturated carbocycles. The van der Waals surface area contributed by atoms with Gasteiger partial charge < -0.3 is 0 Å². The van der Waals surface area contributed by atoms with E-state index in [0.717, 1.165) is 28.5 Å². The second-order valence-electron chi connectivity index (χ2n) is 5.41. The molecule has 0 aliphatic carbocycles. The summed E-state index contributed by atoms with van der Waals surface area (Å²) in [5.41, 5.74) is 3.94. The molecule has 0 atom stereocenters. The van der Waals surface area contributed by atoms with Gasteiger partial charge in [0.15, 0.2) is 0 Å². The first-order valence-electron chi connectivity index (χ1n) is 7.41. The van der Waals surface area contributed by atoms with Crippen LogP contribution in [0.25, 0.3) is 10.8 Å². The summed E-state index contributed by atoms with van der Waals surface area (Å²) in [6.07, 6.45) is -4.37. The summed E-state index contributed by atoms with van der Waals surface area (Å²) in [6.45, 7) is 1.82. The van der Waals surface area contributed by atoms with E-state index < -0.39 is 11.7 Å². The predicted molar refractivity (Wildman–Crippen MR) is 91.2 cm³/mol. The van der Waals surface area contributed by atoms with Gasteiger partial charge in [0.25, 0.3) is 0 Å². The molecule has 24 heavy (non-hydrogen) atoms. The standard InChI is InChI=1S/C19H15F3N2/c1-13(17-11-4-7-14-6-2-3-10-18(14)17)23-24-16-9-5-8-15(12-16)19(20,21)22/h2-12,24H,1H3/b23-13+. The molecule has 1 N–H and O–H groups in total. The van der Waals surface area contributed by atoms with E-state index in [1.807, 2.05) is 49.4 Å². The molecule has 3 rings (SSSR count). The summed E-state index contributed by atoms with van der Waals surface area (Å²) in [5, 5.41) is 6.37. The van der Waals surface area contributed by atoms with Gasteiger partial charge in [-0.1, -0.05) is 48.5 Å². The van der Waals surface area contributed by atoms with Crippen LogP contribution in [0.5, 0.6) is 0 Å². The SMILES string of the molecule is C/C(=N\Nc1cccc(C(F)(F)F)c1)c1cccc2ccccc12. The third kappa shape index (κ3) is 3.40. The van der Waals surface area contributed by atoms with Crippen molar-refractivity contribution in [2.45, 2.75) is 13.1 Å². The summed E-state index contributed by atoms with van der Waals surface area (Å²) in [4.78, 5) is 0. The third-order valence-electron chi connectivity index (χ3n) is 3.72. The lowest BCUT2D eigenvalue weighted by Gasteiger charge is -2.09. The van der Waals surface area contributed by atoms with Gasteiger partial charge in [-0.05, 0) is 35.9 Å². The zero-order valence-electron chi connectivity index (χ0n) is 12.9. The molecule has 0 saturated heterocycles. The Bertz CT molecular complexity index is 893. The Kier molecular flexibility index (Phi) is 4.25. The molecule has 0 radical (unpaired) electrons. The highest BCUT2D eigenvalue weighted by molar-refractivity contribution is 6.09. The lowest BCUT2D eigenvalue weighted by Crippen LogP contribution is -2.06. The summed E-state index contributed by atoms with van der Waals surface area (Å²) < 4.78 is 38.2. The molecule has 122 valence electrons. The van der Waals surface area contributed by atoms with Gasteiger partial charge in [-0.3, -0.25) is 5.43 Å². The van der Waals surface area contributed by atoms with Gasteiger partial charge in [0, 0.05) is 5.56 Å². The molecular formula is C19H15F3N2. The fraction of sp³-hybridized carbons (Fsp3) is 0.105. The van der Waals surface area contributed by atoms with Crippen molar-refractivity contribution in [2.75, 3.05) is 5.43 Å². The first kappa shape index (κ1) is 16.1. The molecule has 0 unspecified atom stereocenters. The topological polar surface area (TPSA) is 24.4 Å². The molecular weight excluding hydrogens is 313 g/mol. The van der Waals surface area contributed by atoms with E-state index in [4.69, 9.17) is 0 Å². The molecule has 0 amide bonds. The van der Waals surface area contributed by atoms with Gasteiger partial charge in [0.2, 0.25) is 0 Å². The van der Waals surface area contributed by atoms with Crippen LogP contribution >= 0.6 is 0 Å². The lowest BCUT2D eigenvalue weighted by molar-refractivity contribution is -0.137. The third-order valence-corrected chi connectivity index (χ3v) is 3.72. The van der Waals surface area contributed by atoms with Crippen LogP contribution in [-0.2, 0) is 6.18 Å². The molecule has 3 aromatic rings. The van der Waals surface area contributed by atoms with E-state index in [0.29, 0.717) is 11.4 Å². The number of anilines is 1. The predicted octanol–water partition coefficient (Wildman–Crippen LogP) is 5.69. The van der Waals surface area contributed by atoms with E-state index in [1.165, 1.54) is 6.07 Å². The minimum atomic E-state index is -4.37. The van der Waals surface area contributed by atoms with Crippen LogP contribution in [0.15, 0.2) is 71.8 Å². The maximum atomic E-state index is 12.7. The van der Waals surface area contributed by atoms with Crippen molar-refractivity contribution in [3.63, 3.8) is 0 Å². The second-order valence-corrected chi connectivity index (χ2v) is 5.41. The zero-order chi connectivity index (χ0) is 17.2. The number of nitrogens with one attached hydrogen (secondary N) is 1. The highest BCUT2D eigenvalue weighted by Gasteiger charge is 2.30. The molecule has 2 nitrogen and oxygen atoms in total. The number of rotatable bonds is 3. The van der Waals surface area contributed by atoms with Gasteiger partial charge in [-0.25, -0.2) is 0 Å². The summed E-state index contributed by atoms with van der Waals surface area (Å²) in [7, 11) is 0. The second kappa shape index (κ2) is 6.35. The van der Waals surface area contributed by atoms with Crippen LogP contribution in [0.2, 0.25) is 0 Å². The van der Waals surface area contributed by atoms with Crippen LogP contribution in [-0.4, -0.2) is 5.71 Å². The van der Waals surface area contributed by atoms with Gasteiger partial charge in [-0.2, -0.15) is 18.3 Å². The van der Waals surface area contributed by atoms with Crippen molar-refractivity contribution >= 4 is 22.2 Å². The van der Waals surface area contributed by atoms with E-state index in [-0.39, 0.29) is 0 Å². The van der Waals surface area contributed by atoms with Crippen molar-refractivity contribution in [1.82, 2.24) is 0 Å². The number of halogens is 3. The Labute approximate surface area is 137 Å². The van der Waals surface area contributed by atoms with Crippen LogP contribution in [0, 0.1) is 0 Å². The smallest absolute Gasteiger partial charge is 0.278 e. The van der Waals surface area contributed by atoms with Crippen molar-refractivity contribution in [1.29, 1.82) is 0 Å². The van der Waals surface area contributed by atoms with Crippen molar-refractivity contribution in [3.05, 3.63) is 77.9 Å². The lowest BCUT2D eigenvalue weighted by atomic mass is 10.0. The average molecular weight is 328 g/mol. The maximum absolute atomic E-state index is 12.7. The Balaban J connectivity index is 1.89. The van der Waals surface area contributed by atoms with Crippen LogP contribution in [0.3, 0.4) is 0 Å². The molecule has 0 aliphatic heterocycles. The first-order chi connectivity index (χ1) is 11.4. The van der Waals surface area contributed by atoms with E-state index >= 15 is 0 Å². The fourth-order valence-electron chi connectivity index (χ4n) is 2.51. The number of fused-ring (bicyclic) bond motifs is 1. The van der Waals surface area contributed by atoms with Gasteiger partial charge in [0.1, 0.15) is 0 Å². The Morgan fingerprint density at radius 1 is 0.917 bits per heavy atom. The molecule has 3 aromatic carbocycles. The molecule has 5 heteroatoms. The number of nitrogens with zero attached hydrogens (tertiary/aromatic N) is 1. The molecule has 0 bridgehead atoms. The Morgan fingerprint density at radius 2 is 1.62 bits per heavy atom. The molecule has 0 aliphatic rings. The molecule has 0 fully saturated rings. The Morgan fingerprint density at radius 3 is 2.42 bits per heavy atom. The number of hydrogen-bond donors (Lipinski definition) is 1. The number of benzene rings is 3. The van der Waals surface area contributed by atoms with Crippen LogP contribution < -0.4 is 5.43 Å². The van der Waals surface area contributed by atoms with Crippen molar-refractivity contribution < 1.29 is 13.2 Å². The average Bonchev–Trinajstić information content (AvgIpc) is 2.58. The Hall–Kier alpha value is -2.82. The summed E-state index contributed by atoms with van der Waals surface area (Å²) in [5.74, 6) is 0. The van der Waals surface area contributed by atoms with E-state index in [1.54, 1.807) is 6.07 Å². The van der Waals surface area contributed by atoms with Gasteiger partial charge in [-0.15, -0.1) is 0 Å². The maximum Gasteiger partial charge on any atom is 0.416 e. The largest absolute Gasteiger partial charge is 0.416 e. The minimum absolute atomic E-state index is 0.296. The number of alkyl halides is 3. The summed E-state index contributed by atoms with van der Waals surface area (Å²) >= 11 is 0. The normalized spacial score (nSPS) is 12.4. The van der Waals surface area contributed by atoms with Crippen molar-refractivity contribution in [2.24, 2.45) is 5.10 Å². The fourth-order valence-corrected chi connectivity index (χ4v) is 2.51. The molecule has 0 heterocycles. The number of hydrogen-bond acceptors (Lipinski definition) is 2. The summed E-state index contributed by atoms with van der Waals surface area (Å²) in [6, 6.07) is 18.8.